The van der Waals surface area contributed by atoms with Crippen LogP contribution in [0, 0.1) is 0 Å². The molecule has 2 spiro atoms. The zero-order valence-corrected chi connectivity index (χ0v) is 28.2. The first-order valence-corrected chi connectivity index (χ1v) is 17.5. The van der Waals surface area contributed by atoms with Crippen molar-refractivity contribution >= 4 is 10.8 Å². The number of hydrogen-bond acceptors (Lipinski definition) is 1. The van der Waals surface area contributed by atoms with E-state index in [4.69, 9.17) is 17.1 Å². The van der Waals surface area contributed by atoms with Gasteiger partial charge in [-0.05, 0) is 113 Å². The number of para-hydroxylation sites is 1. The minimum absolute atomic E-state index is 0.0316. The molecule has 13 rings (SSSR count). The molecule has 9 aromatic carbocycles. The maximum atomic E-state index is 10.6. The first-order chi connectivity index (χ1) is 36.4. The van der Waals surface area contributed by atoms with Gasteiger partial charge in [-0.25, -0.2) is 0 Å². The lowest BCUT2D eigenvalue weighted by Gasteiger charge is -2.40. The molecule has 0 saturated carbocycles. The normalized spacial score (nSPS) is 22.3. The van der Waals surface area contributed by atoms with Crippen LogP contribution in [0.25, 0.3) is 55.3 Å². The standard InChI is InChI=1S/C54H32O/c1-5-20-42-36(15-1)37-16-2-6-21-43(37)53(42)46-24-9-10-26-50(46)55-51-30-28-35(32-49(51)53)34-27-29-40-38-17-3-7-22-44(38)54(48(40)31-34)45-23-8-4-18-39(45)41-19-11-13-33-14-12-25-47(54)52(33)41/h1-32H/i1D,2D,3D,5D,6D,7D,9D,10D,15D,16D,17D,20D,21D,22D,24D,26D,27D,28D,29D,30D,31D,32D. The van der Waals surface area contributed by atoms with Crippen LogP contribution in [0.1, 0.15) is 74.7 Å². The van der Waals surface area contributed by atoms with Crippen molar-refractivity contribution in [1.29, 1.82) is 0 Å². The third kappa shape index (κ3) is 3.46. The van der Waals surface area contributed by atoms with Crippen LogP contribution in [0.4, 0.5) is 0 Å². The van der Waals surface area contributed by atoms with Crippen molar-refractivity contribution in [2.75, 3.05) is 0 Å². The van der Waals surface area contributed by atoms with Crippen molar-refractivity contribution in [3.05, 3.63) is 238 Å². The molecule has 1 atom stereocenters. The fourth-order valence-electron chi connectivity index (χ4n) is 9.43. The van der Waals surface area contributed by atoms with Crippen LogP contribution in [0.2, 0.25) is 0 Å². The van der Waals surface area contributed by atoms with Crippen molar-refractivity contribution in [1.82, 2.24) is 0 Å². The van der Waals surface area contributed by atoms with Gasteiger partial charge in [0.2, 0.25) is 0 Å². The van der Waals surface area contributed by atoms with E-state index in [1.807, 2.05) is 30.3 Å². The lowest BCUT2D eigenvalue weighted by atomic mass is 9.61. The second-order valence-corrected chi connectivity index (χ2v) is 13.8. The predicted octanol–water partition coefficient (Wildman–Crippen LogP) is 13.3. The highest BCUT2D eigenvalue weighted by Gasteiger charge is 2.52. The van der Waals surface area contributed by atoms with Gasteiger partial charge in [0.15, 0.2) is 0 Å². The Morgan fingerprint density at radius 2 is 0.855 bits per heavy atom. The fourth-order valence-corrected chi connectivity index (χ4v) is 9.43. The van der Waals surface area contributed by atoms with Crippen molar-refractivity contribution < 1.29 is 34.9 Å². The zero-order valence-electron chi connectivity index (χ0n) is 50.2. The van der Waals surface area contributed by atoms with Gasteiger partial charge in [-0.15, -0.1) is 0 Å². The van der Waals surface area contributed by atoms with E-state index in [1.54, 1.807) is 30.3 Å². The average molecular weight is 719 g/mol. The monoisotopic (exact) mass is 718 g/mol. The summed E-state index contributed by atoms with van der Waals surface area (Å²) in [7, 11) is 0. The van der Waals surface area contributed by atoms with Gasteiger partial charge in [0, 0.05) is 11.1 Å². The molecule has 1 heterocycles. The lowest BCUT2D eigenvalue weighted by molar-refractivity contribution is 0.436. The Kier molecular flexibility index (Phi) is 2.98. The Hall–Kier alpha value is -6.96. The molecule has 9 aromatic rings. The summed E-state index contributed by atoms with van der Waals surface area (Å²) in [6.07, 6.45) is 0. The Balaban J connectivity index is 1.27. The van der Waals surface area contributed by atoms with E-state index in [9.17, 15) is 17.8 Å². The molecule has 0 fully saturated rings. The third-order valence-corrected chi connectivity index (χ3v) is 11.4. The summed E-state index contributed by atoms with van der Waals surface area (Å²) in [5.41, 5.74) is -8.08. The van der Waals surface area contributed by atoms with Crippen molar-refractivity contribution in [2.45, 2.75) is 10.8 Å². The highest BCUT2D eigenvalue weighted by molar-refractivity contribution is 6.07. The topological polar surface area (TPSA) is 9.23 Å². The zero-order chi connectivity index (χ0) is 55.0. The molecule has 0 radical (unpaired) electrons. The van der Waals surface area contributed by atoms with E-state index in [2.05, 4.69) is 0 Å². The van der Waals surface area contributed by atoms with Crippen LogP contribution in [0.15, 0.2) is 194 Å². The quantitative estimate of drug-likeness (QED) is 0.164. The number of fused-ring (bicyclic) bond motifs is 18. The molecule has 0 N–H and O–H groups in total. The van der Waals surface area contributed by atoms with Gasteiger partial charge in [-0.3, -0.25) is 0 Å². The van der Waals surface area contributed by atoms with Crippen LogP contribution in [0.5, 0.6) is 11.5 Å². The SMILES string of the molecule is [2H]c1c([2H])c([2H])c2c(c1[2H])Oc1c([2H])c([2H])c(-c3c([2H])c([2H])c4c(c3[2H])C3(c5ccccc5-c5cccc6cccc3c56)c3c([2H])c([2H])c([2H])c([2H])c3-4)c([2H])c1C21c2c([2H])c([2H])c([2H])c([2H])c2-c2c([2H])c([2H])c([2H])c([2H])c21. The molecule has 254 valence electrons. The first-order valence-electron chi connectivity index (χ1n) is 28.5. The average Bonchev–Trinajstić information content (AvgIpc) is 2.87. The fraction of sp³-hybridized carbons (Fsp3) is 0.0370. The van der Waals surface area contributed by atoms with E-state index in [-0.39, 0.29) is 22.3 Å². The van der Waals surface area contributed by atoms with Crippen LogP contribution in [-0.4, -0.2) is 0 Å². The minimum Gasteiger partial charge on any atom is -0.457 e. The Labute approximate surface area is 350 Å². The Morgan fingerprint density at radius 1 is 0.345 bits per heavy atom. The molecule has 1 nitrogen and oxygen atoms in total. The Bertz CT molecular complexity index is 4340. The highest BCUT2D eigenvalue weighted by Crippen LogP contribution is 2.64. The van der Waals surface area contributed by atoms with E-state index in [0.717, 1.165) is 5.56 Å². The van der Waals surface area contributed by atoms with Crippen LogP contribution in [0.3, 0.4) is 0 Å². The van der Waals surface area contributed by atoms with Gasteiger partial charge >= 0.3 is 0 Å². The number of ether oxygens (including phenoxy) is 1. The molecular formula is C54H32O. The molecule has 0 bridgehead atoms. The number of hydrogen-bond donors (Lipinski definition) is 0. The highest BCUT2D eigenvalue weighted by atomic mass is 16.5. The number of benzene rings is 9. The van der Waals surface area contributed by atoms with Crippen molar-refractivity contribution in [3.63, 3.8) is 0 Å². The molecule has 0 saturated heterocycles. The molecule has 4 aliphatic rings. The summed E-state index contributed by atoms with van der Waals surface area (Å²) in [6, 6.07) is 0.0649. The molecule has 1 heteroatoms. The van der Waals surface area contributed by atoms with Gasteiger partial charge in [0.25, 0.3) is 0 Å². The van der Waals surface area contributed by atoms with Gasteiger partial charge in [-0.1, -0.05) is 169 Å². The summed E-state index contributed by atoms with van der Waals surface area (Å²) < 4.78 is 214. The summed E-state index contributed by atoms with van der Waals surface area (Å²) >= 11 is 0. The Morgan fingerprint density at radius 3 is 1.58 bits per heavy atom. The van der Waals surface area contributed by atoms with E-state index in [1.165, 1.54) is 0 Å². The van der Waals surface area contributed by atoms with Gasteiger partial charge in [0.1, 0.15) is 11.5 Å². The van der Waals surface area contributed by atoms with Crippen molar-refractivity contribution in [3.8, 4) is 56.0 Å². The molecule has 55 heavy (non-hydrogen) atoms. The van der Waals surface area contributed by atoms with Gasteiger partial charge in [0.05, 0.1) is 41.0 Å². The van der Waals surface area contributed by atoms with Crippen LogP contribution < -0.4 is 4.74 Å². The summed E-state index contributed by atoms with van der Waals surface area (Å²) in [5.74, 6) is -1.54. The predicted molar refractivity (Wildman–Crippen MR) is 223 cm³/mol. The molecule has 0 aromatic heterocycles. The smallest absolute Gasteiger partial charge is 0.132 e. The van der Waals surface area contributed by atoms with Gasteiger partial charge in [-0.2, -0.15) is 0 Å². The maximum absolute atomic E-state index is 10.6. The largest absolute Gasteiger partial charge is 0.457 e. The van der Waals surface area contributed by atoms with Gasteiger partial charge < -0.3 is 4.74 Å². The van der Waals surface area contributed by atoms with E-state index >= 15 is 0 Å². The molecule has 0 amide bonds. The third-order valence-electron chi connectivity index (χ3n) is 11.4. The second-order valence-electron chi connectivity index (χ2n) is 13.8. The maximum Gasteiger partial charge on any atom is 0.132 e. The first kappa shape index (κ1) is 15.8. The molecule has 1 aliphatic heterocycles. The molecular weight excluding hydrogens is 665 g/mol. The molecule has 1 unspecified atom stereocenters. The lowest BCUT2D eigenvalue weighted by Crippen LogP contribution is -2.32. The summed E-state index contributed by atoms with van der Waals surface area (Å²) in [6.45, 7) is 0. The van der Waals surface area contributed by atoms with Crippen LogP contribution >= 0.6 is 0 Å². The van der Waals surface area contributed by atoms with E-state index < -0.39 is 200 Å². The molecule has 3 aliphatic carbocycles. The van der Waals surface area contributed by atoms with Crippen LogP contribution in [-0.2, 0) is 10.8 Å². The second kappa shape index (κ2) is 10.4. The summed E-state index contributed by atoms with van der Waals surface area (Å²) in [4.78, 5) is 0. The van der Waals surface area contributed by atoms with Crippen molar-refractivity contribution in [2.24, 2.45) is 0 Å². The summed E-state index contributed by atoms with van der Waals surface area (Å²) in [5, 5.41) is 1.36. The minimum atomic E-state index is -2.86. The van der Waals surface area contributed by atoms with E-state index in [0.29, 0.717) is 27.5 Å². The number of rotatable bonds is 1.